The van der Waals surface area contributed by atoms with Gasteiger partial charge >= 0.3 is 0 Å². The highest BCUT2D eigenvalue weighted by molar-refractivity contribution is 4.72. The molecule has 0 saturated heterocycles. The molecule has 2 heteroatoms. The van der Waals surface area contributed by atoms with Gasteiger partial charge in [0.25, 0.3) is 0 Å². The van der Waals surface area contributed by atoms with E-state index >= 15 is 0 Å². The monoisotopic (exact) mass is 173 g/mol. The minimum Gasteiger partial charge on any atom is -0.385 e. The number of hydrogen-bond acceptors (Lipinski definition) is 2. The summed E-state index contributed by atoms with van der Waals surface area (Å²) in [5.41, 5.74) is 0.348. The molecule has 0 heterocycles. The van der Waals surface area contributed by atoms with E-state index < -0.39 is 0 Å². The number of rotatable bonds is 6. The Hall–Kier alpha value is -0.0800. The molecule has 0 rings (SSSR count). The van der Waals surface area contributed by atoms with Crippen LogP contribution in [0.1, 0.15) is 34.1 Å². The molecule has 0 radical (unpaired) electrons. The van der Waals surface area contributed by atoms with Gasteiger partial charge < -0.3 is 10.1 Å². The van der Waals surface area contributed by atoms with Crippen LogP contribution in [0.25, 0.3) is 0 Å². The second kappa shape index (κ2) is 5.55. The first-order valence-corrected chi connectivity index (χ1v) is 4.70. The van der Waals surface area contributed by atoms with Crippen LogP contribution in [-0.2, 0) is 4.74 Å². The van der Waals surface area contributed by atoms with Crippen LogP contribution >= 0.6 is 0 Å². The Kier molecular flexibility index (Phi) is 5.51. The lowest BCUT2D eigenvalue weighted by molar-refractivity contribution is 0.149. The highest BCUT2D eigenvalue weighted by Crippen LogP contribution is 2.18. The Morgan fingerprint density at radius 1 is 1.33 bits per heavy atom. The first-order valence-electron chi connectivity index (χ1n) is 4.70. The standard InChI is InChI=1S/C10H23NO/c1-9(2)11-8-10(3,4)6-7-12-5/h9,11H,6-8H2,1-5H3. The predicted molar refractivity (Wildman–Crippen MR) is 53.4 cm³/mol. The Morgan fingerprint density at radius 2 is 1.92 bits per heavy atom. The van der Waals surface area contributed by atoms with Gasteiger partial charge in [-0.1, -0.05) is 27.7 Å². The van der Waals surface area contributed by atoms with Crippen LogP contribution in [0.3, 0.4) is 0 Å². The average molecular weight is 173 g/mol. The molecule has 0 aliphatic carbocycles. The zero-order valence-corrected chi connectivity index (χ0v) is 9.11. The maximum absolute atomic E-state index is 5.06. The third kappa shape index (κ3) is 6.62. The highest BCUT2D eigenvalue weighted by Gasteiger charge is 2.16. The molecule has 74 valence electrons. The van der Waals surface area contributed by atoms with Crippen LogP contribution in [0.4, 0.5) is 0 Å². The summed E-state index contributed by atoms with van der Waals surface area (Å²) in [6, 6.07) is 0.576. The normalized spacial score (nSPS) is 12.5. The highest BCUT2D eigenvalue weighted by atomic mass is 16.5. The second-order valence-corrected chi connectivity index (χ2v) is 4.44. The van der Waals surface area contributed by atoms with Crippen LogP contribution < -0.4 is 5.32 Å². The van der Waals surface area contributed by atoms with Crippen molar-refractivity contribution < 1.29 is 4.74 Å². The summed E-state index contributed by atoms with van der Waals surface area (Å²) >= 11 is 0. The lowest BCUT2D eigenvalue weighted by atomic mass is 9.89. The lowest BCUT2D eigenvalue weighted by Gasteiger charge is -2.25. The Balaban J connectivity index is 3.56. The van der Waals surface area contributed by atoms with Crippen molar-refractivity contribution in [3.8, 4) is 0 Å². The number of nitrogens with one attached hydrogen (secondary N) is 1. The maximum Gasteiger partial charge on any atom is 0.0467 e. The first-order chi connectivity index (χ1) is 5.48. The predicted octanol–water partition coefficient (Wildman–Crippen LogP) is 2.05. The second-order valence-electron chi connectivity index (χ2n) is 4.44. The molecule has 0 aliphatic heterocycles. The molecule has 0 amide bonds. The summed E-state index contributed by atoms with van der Waals surface area (Å²) in [5.74, 6) is 0. The molecule has 0 aliphatic rings. The number of ether oxygens (including phenoxy) is 1. The van der Waals surface area contributed by atoms with E-state index in [0.29, 0.717) is 11.5 Å². The van der Waals surface area contributed by atoms with Crippen molar-refractivity contribution in [1.82, 2.24) is 5.32 Å². The van der Waals surface area contributed by atoms with Gasteiger partial charge in [-0.05, 0) is 11.8 Å². The Morgan fingerprint density at radius 3 is 2.33 bits per heavy atom. The zero-order valence-electron chi connectivity index (χ0n) is 9.11. The molecule has 0 aromatic heterocycles. The van der Waals surface area contributed by atoms with Crippen LogP contribution in [-0.4, -0.2) is 26.3 Å². The molecule has 2 nitrogen and oxygen atoms in total. The smallest absolute Gasteiger partial charge is 0.0467 e. The molecule has 1 N–H and O–H groups in total. The average Bonchev–Trinajstić information content (AvgIpc) is 1.98. The van der Waals surface area contributed by atoms with Crippen LogP contribution in [0.5, 0.6) is 0 Å². The van der Waals surface area contributed by atoms with Gasteiger partial charge in [-0.15, -0.1) is 0 Å². The van der Waals surface area contributed by atoms with E-state index in [0.717, 1.165) is 19.6 Å². The minimum absolute atomic E-state index is 0.348. The quantitative estimate of drug-likeness (QED) is 0.663. The van der Waals surface area contributed by atoms with Gasteiger partial charge in [0.05, 0.1) is 0 Å². The molecule has 0 saturated carbocycles. The fourth-order valence-corrected chi connectivity index (χ4v) is 0.947. The van der Waals surface area contributed by atoms with Crippen LogP contribution in [0.2, 0.25) is 0 Å². The van der Waals surface area contributed by atoms with Crippen molar-refractivity contribution >= 4 is 0 Å². The van der Waals surface area contributed by atoms with Gasteiger partial charge in [0.1, 0.15) is 0 Å². The number of methoxy groups -OCH3 is 1. The van der Waals surface area contributed by atoms with Crippen molar-refractivity contribution in [2.24, 2.45) is 5.41 Å². The maximum atomic E-state index is 5.06. The fraction of sp³-hybridized carbons (Fsp3) is 1.00. The van der Waals surface area contributed by atoms with Gasteiger partial charge in [-0.2, -0.15) is 0 Å². The van der Waals surface area contributed by atoms with E-state index in [1.165, 1.54) is 0 Å². The van der Waals surface area contributed by atoms with Gasteiger partial charge in [0, 0.05) is 26.3 Å². The topological polar surface area (TPSA) is 21.3 Å². The summed E-state index contributed by atoms with van der Waals surface area (Å²) in [6.45, 7) is 10.8. The summed E-state index contributed by atoms with van der Waals surface area (Å²) < 4.78 is 5.06. The van der Waals surface area contributed by atoms with Crippen LogP contribution in [0.15, 0.2) is 0 Å². The molecule has 0 fully saturated rings. The Labute approximate surface area is 76.7 Å². The lowest BCUT2D eigenvalue weighted by Crippen LogP contribution is -2.34. The minimum atomic E-state index is 0.348. The molecular weight excluding hydrogens is 150 g/mol. The zero-order chi connectivity index (χ0) is 9.61. The fourth-order valence-electron chi connectivity index (χ4n) is 0.947. The van der Waals surface area contributed by atoms with Gasteiger partial charge in [0.2, 0.25) is 0 Å². The molecule has 0 aromatic carbocycles. The molecule has 0 bridgehead atoms. The largest absolute Gasteiger partial charge is 0.385 e. The van der Waals surface area contributed by atoms with E-state index in [2.05, 4.69) is 33.0 Å². The summed E-state index contributed by atoms with van der Waals surface area (Å²) in [5, 5.41) is 3.44. The van der Waals surface area contributed by atoms with Crippen molar-refractivity contribution in [1.29, 1.82) is 0 Å². The van der Waals surface area contributed by atoms with E-state index in [9.17, 15) is 0 Å². The summed E-state index contributed by atoms with van der Waals surface area (Å²) in [4.78, 5) is 0. The third-order valence-corrected chi connectivity index (χ3v) is 1.97. The Bertz CT molecular complexity index is 110. The first kappa shape index (κ1) is 11.9. The van der Waals surface area contributed by atoms with Gasteiger partial charge in [-0.25, -0.2) is 0 Å². The van der Waals surface area contributed by atoms with E-state index in [4.69, 9.17) is 4.74 Å². The van der Waals surface area contributed by atoms with Crippen molar-refractivity contribution in [2.75, 3.05) is 20.3 Å². The SMILES string of the molecule is COCCC(C)(C)CNC(C)C. The molecule has 0 atom stereocenters. The molecule has 0 aromatic rings. The summed E-state index contributed by atoms with van der Waals surface area (Å²) in [6.07, 6.45) is 1.11. The van der Waals surface area contributed by atoms with Crippen molar-refractivity contribution in [3.05, 3.63) is 0 Å². The summed E-state index contributed by atoms with van der Waals surface area (Å²) in [7, 11) is 1.76. The molecule has 0 spiro atoms. The van der Waals surface area contributed by atoms with E-state index in [-0.39, 0.29) is 0 Å². The third-order valence-electron chi connectivity index (χ3n) is 1.97. The number of hydrogen-bond donors (Lipinski definition) is 1. The molecule has 0 unspecified atom stereocenters. The van der Waals surface area contributed by atoms with E-state index in [1.807, 2.05) is 0 Å². The van der Waals surface area contributed by atoms with Crippen molar-refractivity contribution in [2.45, 2.75) is 40.2 Å². The van der Waals surface area contributed by atoms with Gasteiger partial charge in [-0.3, -0.25) is 0 Å². The molecular formula is C10H23NO. The molecule has 12 heavy (non-hydrogen) atoms. The van der Waals surface area contributed by atoms with Gasteiger partial charge in [0.15, 0.2) is 0 Å². The van der Waals surface area contributed by atoms with E-state index in [1.54, 1.807) is 7.11 Å². The van der Waals surface area contributed by atoms with Crippen LogP contribution in [0, 0.1) is 5.41 Å². The van der Waals surface area contributed by atoms with Crippen molar-refractivity contribution in [3.63, 3.8) is 0 Å².